The maximum Gasteiger partial charge on any atom is 0.114 e. The minimum absolute atomic E-state index is 0.112. The third-order valence-corrected chi connectivity index (χ3v) is 23.6. The number of carboxylic acid groups (broad SMARTS) is 6. The van der Waals surface area contributed by atoms with Crippen LogP contribution in [-0.2, 0) is 28.8 Å². The zero-order chi connectivity index (χ0) is 78.7. The number of nitrogens with one attached hydrogen (secondary N) is 6. The minimum Gasteiger partial charge on any atom is -0.550 e. The first-order valence-electron chi connectivity index (χ1n) is 34.9. The van der Waals surface area contributed by atoms with E-state index in [1.54, 1.807) is 0 Å². The van der Waals surface area contributed by atoms with Crippen LogP contribution in [0.3, 0.4) is 0 Å². The third kappa shape index (κ3) is 29.9. The van der Waals surface area contributed by atoms with Gasteiger partial charge in [0.05, 0.1) is 157 Å². The molecule has 0 aromatic carbocycles. The second kappa shape index (κ2) is 35.2. The first kappa shape index (κ1) is 96.3. The van der Waals surface area contributed by atoms with Crippen LogP contribution in [0.1, 0.15) is 269 Å². The van der Waals surface area contributed by atoms with Crippen LogP contribution in [0.5, 0.6) is 0 Å². The lowest BCUT2D eigenvalue weighted by atomic mass is 9.79. The van der Waals surface area contributed by atoms with E-state index in [4.69, 9.17) is 10.2 Å². The number of likely N-dealkylation sites (tertiary alicyclic amines) is 6. The van der Waals surface area contributed by atoms with Gasteiger partial charge in [0.2, 0.25) is 0 Å². The van der Waals surface area contributed by atoms with Gasteiger partial charge in [-0.25, -0.2) is 0 Å². The molecule has 0 radical (unpaired) electrons. The van der Waals surface area contributed by atoms with Crippen molar-refractivity contribution in [1.29, 1.82) is 0 Å². The zero-order valence-electron chi connectivity index (χ0n) is 66.3. The van der Waals surface area contributed by atoms with E-state index in [1.165, 1.54) is 29.4 Å². The molecule has 6 aliphatic rings. The van der Waals surface area contributed by atoms with Gasteiger partial charge >= 0.3 is 0 Å². The Morgan fingerprint density at radius 3 is 0.398 bits per heavy atom. The second-order valence-corrected chi connectivity index (χ2v) is 37.6. The van der Waals surface area contributed by atoms with E-state index in [-0.39, 0.29) is 103 Å². The highest BCUT2D eigenvalue weighted by Crippen LogP contribution is 2.28. The van der Waals surface area contributed by atoms with Crippen LogP contribution in [0.15, 0.2) is 0 Å². The summed E-state index contributed by atoms with van der Waals surface area (Å²) in [4.78, 5) is 69.2. The number of aliphatic hydroxyl groups is 8. The number of carbonyl (C=O) groups excluding carboxylic acids is 6. The lowest BCUT2D eigenvalue weighted by Gasteiger charge is -2.49. The Balaban J connectivity index is 0. The van der Waals surface area contributed by atoms with Crippen molar-refractivity contribution in [3.05, 3.63) is 0 Å². The summed E-state index contributed by atoms with van der Waals surface area (Å²) in [6, 6.07) is 0. The summed E-state index contributed by atoms with van der Waals surface area (Å²) in [5, 5.41) is 136. The average molecular weight is 1410 g/mol. The molecule has 0 aromatic rings. The molecule has 6 fully saturated rings. The summed E-state index contributed by atoms with van der Waals surface area (Å²) < 4.78 is 0. The zero-order valence-corrected chi connectivity index (χ0v) is 66.3. The van der Waals surface area contributed by atoms with E-state index in [0.717, 1.165) is 77.0 Å². The van der Waals surface area contributed by atoms with Crippen LogP contribution in [0, 0.1) is 0 Å². The van der Waals surface area contributed by atoms with Crippen molar-refractivity contribution >= 4 is 35.8 Å². The Bertz CT molecular complexity index is 2080. The van der Waals surface area contributed by atoms with Crippen molar-refractivity contribution in [3.8, 4) is 0 Å². The molecule has 580 valence electrons. The van der Waals surface area contributed by atoms with Gasteiger partial charge < -0.3 is 130 Å². The number of carbonyl (C=O) groups is 6. The summed E-state index contributed by atoms with van der Waals surface area (Å²) in [7, 11) is 13.4. The minimum atomic E-state index is -2.97. The standard InChI is InChI=1S/6C10H21NO.2C6H8O7/c6*1-9(2)6-8(12)7-10(3,4)11(9)5;2*7-3(8)1-6(13,5(11)12)2-4(9)10/h6*8,12H,6-7H2,1-5H3;2*13H,1-2H2,(H,7,8)(H,9,10)(H,11,12). The summed E-state index contributed by atoms with van der Waals surface area (Å²) in [6.45, 7) is 53.5. The molecule has 14 N–H and O–H groups in total. The molecule has 6 saturated heterocycles. The van der Waals surface area contributed by atoms with Crippen LogP contribution < -0.4 is 60.0 Å². The van der Waals surface area contributed by atoms with Gasteiger partial charge in [-0.15, -0.1) is 0 Å². The van der Waals surface area contributed by atoms with Crippen molar-refractivity contribution in [2.75, 3.05) is 42.3 Å². The molecule has 26 heteroatoms. The van der Waals surface area contributed by atoms with Crippen molar-refractivity contribution in [2.24, 2.45) is 0 Å². The summed E-state index contributed by atoms with van der Waals surface area (Å²) >= 11 is 0. The van der Waals surface area contributed by atoms with E-state index in [2.05, 4.69) is 208 Å². The van der Waals surface area contributed by atoms with Crippen LogP contribution >= 0.6 is 0 Å². The molecule has 6 rings (SSSR count). The maximum atomic E-state index is 10.1. The summed E-state index contributed by atoms with van der Waals surface area (Å²) in [5.41, 5.74) is -3.44. The van der Waals surface area contributed by atoms with Gasteiger partial charge in [-0.2, -0.15) is 0 Å². The van der Waals surface area contributed by atoms with Crippen LogP contribution in [0.25, 0.3) is 0 Å². The molecule has 6 aliphatic heterocycles. The van der Waals surface area contributed by atoms with Gasteiger partial charge in [-0.1, -0.05) is 0 Å². The number of hydrogen-bond acceptors (Lipinski definition) is 20. The van der Waals surface area contributed by atoms with Crippen molar-refractivity contribution in [1.82, 2.24) is 0 Å². The molecule has 6 heterocycles. The number of aliphatic hydroxyl groups excluding tert-OH is 6. The molecule has 98 heavy (non-hydrogen) atoms. The van der Waals surface area contributed by atoms with Crippen LogP contribution in [0.4, 0.5) is 0 Å². The van der Waals surface area contributed by atoms with Gasteiger partial charge in [0.25, 0.3) is 0 Å². The number of piperidine rings is 6. The number of quaternary nitrogens is 6. The van der Waals surface area contributed by atoms with E-state index >= 15 is 0 Å². The fourth-order valence-electron chi connectivity index (χ4n) is 16.2. The molecule has 0 aromatic heterocycles. The monoisotopic (exact) mass is 1410 g/mol. The Hall–Kier alpha value is -3.74. The Kier molecular flexibility index (Phi) is 34.6. The molecule has 0 saturated carbocycles. The van der Waals surface area contributed by atoms with Crippen molar-refractivity contribution in [3.63, 3.8) is 0 Å². The van der Waals surface area contributed by atoms with E-state index in [9.17, 15) is 90.0 Å². The van der Waals surface area contributed by atoms with Crippen LogP contribution in [0.2, 0.25) is 0 Å². The van der Waals surface area contributed by atoms with Crippen molar-refractivity contribution in [2.45, 2.75) is 383 Å². The highest BCUT2D eigenvalue weighted by atomic mass is 16.4. The van der Waals surface area contributed by atoms with E-state index in [0.29, 0.717) is 0 Å². The Morgan fingerprint density at radius 1 is 0.255 bits per heavy atom. The predicted molar refractivity (Wildman–Crippen MR) is 360 cm³/mol. The largest absolute Gasteiger partial charge is 0.550 e. The number of aliphatic carboxylic acids is 6. The molecular weight excluding hydrogens is 1270 g/mol. The highest BCUT2D eigenvalue weighted by molar-refractivity contribution is 5.86. The summed E-state index contributed by atoms with van der Waals surface area (Å²) in [5.74, 6) is -12.0. The maximum absolute atomic E-state index is 10.1. The fourth-order valence-corrected chi connectivity index (χ4v) is 16.2. The third-order valence-electron chi connectivity index (χ3n) is 23.6. The lowest BCUT2D eigenvalue weighted by Crippen LogP contribution is -3.24. The molecule has 0 atom stereocenters. The predicted octanol–water partition coefficient (Wildman–Crippen LogP) is -9.23. The molecule has 0 spiro atoms. The molecule has 0 aliphatic carbocycles. The van der Waals surface area contributed by atoms with Gasteiger partial charge in [0.1, 0.15) is 11.2 Å². The highest BCUT2D eigenvalue weighted by Gasteiger charge is 2.51. The van der Waals surface area contributed by atoms with Gasteiger partial charge in [-0.3, -0.25) is 0 Å². The lowest BCUT2D eigenvalue weighted by molar-refractivity contribution is -0.983. The topological polar surface area (TPSA) is 429 Å². The first-order chi connectivity index (χ1) is 43.1. The van der Waals surface area contributed by atoms with E-state index < -0.39 is 72.7 Å². The van der Waals surface area contributed by atoms with Gasteiger partial charge in [0, 0.05) is 127 Å². The van der Waals surface area contributed by atoms with E-state index in [1.807, 2.05) is 0 Å². The molecule has 0 unspecified atom stereocenters. The smallest absolute Gasteiger partial charge is 0.114 e. The second-order valence-electron chi connectivity index (χ2n) is 37.6. The SMILES string of the molecule is C[NH+]1C(C)(C)CC(O)CC1(C)C.C[NH+]1C(C)(C)CC(O)CC1(C)C.C[NH+]1C(C)(C)CC(O)CC1(C)C.C[NH+]1C(C)(C)CC(O)CC1(C)C.C[NH+]1C(C)(C)CC(O)CC1(C)C.C[NH+]1C(C)(C)CC(O)CC1(C)C.O=C([O-])CC(O)(CC(=O)[O-])C(=O)[O-].O=C([O-])CC(O)(CC(=O)[O-])C(=O)[O-]. The van der Waals surface area contributed by atoms with Crippen molar-refractivity contribution < 1.29 is 130 Å². The first-order valence-corrected chi connectivity index (χ1v) is 34.9. The van der Waals surface area contributed by atoms with Gasteiger partial charge in [-0.05, 0) is 166 Å². The molecule has 26 nitrogen and oxygen atoms in total. The number of rotatable bonds is 10. The summed E-state index contributed by atoms with van der Waals surface area (Å²) in [6.07, 6.45) is 4.92. The normalized spacial score (nSPS) is 31.9. The fraction of sp³-hybridized carbons (Fsp3) is 0.917. The molecular formula is C72H142N6O20. The molecule has 0 amide bonds. The Morgan fingerprint density at radius 2 is 0.337 bits per heavy atom. The average Bonchev–Trinajstić information content (AvgIpc) is 0.819. The number of carboxylic acids is 6. The van der Waals surface area contributed by atoms with Gasteiger partial charge in [0.15, 0.2) is 0 Å². The number of hydrogen-bond donors (Lipinski definition) is 14. The molecule has 0 bridgehead atoms. The quantitative estimate of drug-likeness (QED) is 0.0966. The Labute approximate surface area is 588 Å². The van der Waals surface area contributed by atoms with Crippen LogP contribution in [-0.4, -0.2) is 233 Å².